The summed E-state index contributed by atoms with van der Waals surface area (Å²) in [5, 5.41) is 12.3. The Morgan fingerprint density at radius 2 is 2.07 bits per heavy atom. The van der Waals surface area contributed by atoms with Crippen molar-refractivity contribution in [1.82, 2.24) is 0 Å². The lowest BCUT2D eigenvalue weighted by atomic mass is 10.2. The molecule has 1 aromatic rings. The third kappa shape index (κ3) is 1.38. The highest BCUT2D eigenvalue weighted by Crippen LogP contribution is 2.37. The van der Waals surface area contributed by atoms with E-state index in [0.29, 0.717) is 12.2 Å². The SMILES string of the molecule is CC1(C)CNc2ccc(O)cc2S1(=O)=O. The lowest BCUT2D eigenvalue weighted by molar-refractivity contribution is 0.472. The number of sulfone groups is 1. The first kappa shape index (κ1) is 10.3. The maximum Gasteiger partial charge on any atom is 0.187 e. The molecule has 0 fully saturated rings. The van der Waals surface area contributed by atoms with Crippen molar-refractivity contribution in [3.8, 4) is 5.75 Å². The molecule has 15 heavy (non-hydrogen) atoms. The second kappa shape index (κ2) is 2.88. The number of aromatic hydroxyl groups is 1. The van der Waals surface area contributed by atoms with Gasteiger partial charge in [0.05, 0.1) is 15.3 Å². The summed E-state index contributed by atoms with van der Waals surface area (Å²) in [6.07, 6.45) is 0. The highest BCUT2D eigenvalue weighted by Gasteiger charge is 2.40. The van der Waals surface area contributed by atoms with Crippen molar-refractivity contribution in [3.05, 3.63) is 18.2 Å². The van der Waals surface area contributed by atoms with Crippen LogP contribution in [0.3, 0.4) is 0 Å². The van der Waals surface area contributed by atoms with Gasteiger partial charge in [0.2, 0.25) is 0 Å². The van der Waals surface area contributed by atoms with Crippen LogP contribution < -0.4 is 5.32 Å². The Bertz CT molecular complexity index is 505. The van der Waals surface area contributed by atoms with Gasteiger partial charge in [0.25, 0.3) is 0 Å². The van der Waals surface area contributed by atoms with E-state index in [1.807, 2.05) is 0 Å². The first-order valence-corrected chi connectivity index (χ1v) is 6.14. The normalized spacial score (nSPS) is 21.5. The molecule has 0 bridgehead atoms. The first-order chi connectivity index (χ1) is 6.84. The smallest absolute Gasteiger partial charge is 0.187 e. The third-order valence-corrected chi connectivity index (χ3v) is 5.20. The van der Waals surface area contributed by atoms with Gasteiger partial charge in [-0.05, 0) is 26.0 Å². The Kier molecular flexibility index (Phi) is 1.98. The summed E-state index contributed by atoms with van der Waals surface area (Å²) in [5.74, 6) is -0.0307. The molecule has 0 amide bonds. The number of fused-ring (bicyclic) bond motifs is 1. The topological polar surface area (TPSA) is 66.4 Å². The van der Waals surface area contributed by atoms with Crippen LogP contribution >= 0.6 is 0 Å². The van der Waals surface area contributed by atoms with Crippen LogP contribution in [0.1, 0.15) is 13.8 Å². The summed E-state index contributed by atoms with van der Waals surface area (Å²) >= 11 is 0. The first-order valence-electron chi connectivity index (χ1n) is 4.66. The molecule has 0 unspecified atom stereocenters. The molecule has 0 atom stereocenters. The van der Waals surface area contributed by atoms with Gasteiger partial charge in [-0.15, -0.1) is 0 Å². The average Bonchev–Trinajstić information content (AvgIpc) is 2.14. The van der Waals surface area contributed by atoms with Crippen LogP contribution in [-0.4, -0.2) is 24.8 Å². The number of rotatable bonds is 0. The number of anilines is 1. The van der Waals surface area contributed by atoms with E-state index >= 15 is 0 Å². The molecule has 0 aliphatic carbocycles. The summed E-state index contributed by atoms with van der Waals surface area (Å²) in [6, 6.07) is 4.34. The molecule has 5 heteroatoms. The third-order valence-electron chi connectivity index (χ3n) is 2.69. The fourth-order valence-electron chi connectivity index (χ4n) is 1.58. The Morgan fingerprint density at radius 3 is 2.73 bits per heavy atom. The average molecular weight is 227 g/mol. The second-order valence-electron chi connectivity index (χ2n) is 4.30. The summed E-state index contributed by atoms with van der Waals surface area (Å²) < 4.78 is 23.4. The fourth-order valence-corrected chi connectivity index (χ4v) is 3.14. The molecule has 1 aromatic carbocycles. The van der Waals surface area contributed by atoms with Crippen LogP contribution in [0.15, 0.2) is 23.1 Å². The van der Waals surface area contributed by atoms with Crippen LogP contribution in [0.2, 0.25) is 0 Å². The molecule has 0 radical (unpaired) electrons. The van der Waals surface area contributed by atoms with Gasteiger partial charge in [-0.1, -0.05) is 0 Å². The van der Waals surface area contributed by atoms with E-state index < -0.39 is 14.6 Å². The minimum atomic E-state index is -3.37. The predicted molar refractivity (Wildman–Crippen MR) is 57.9 cm³/mol. The summed E-state index contributed by atoms with van der Waals surface area (Å²) in [6.45, 7) is 3.72. The quantitative estimate of drug-likeness (QED) is 0.657. The van der Waals surface area contributed by atoms with Crippen molar-refractivity contribution in [2.45, 2.75) is 23.5 Å². The second-order valence-corrected chi connectivity index (χ2v) is 6.85. The van der Waals surface area contributed by atoms with Crippen LogP contribution in [0.25, 0.3) is 0 Å². The molecule has 0 saturated carbocycles. The summed E-state index contributed by atoms with van der Waals surface area (Å²) in [5.41, 5.74) is 0.562. The maximum atomic E-state index is 12.1. The number of phenols is 1. The molecule has 1 aliphatic rings. The van der Waals surface area contributed by atoms with Crippen LogP contribution in [-0.2, 0) is 9.84 Å². The number of hydrogen-bond acceptors (Lipinski definition) is 4. The zero-order chi connectivity index (χ0) is 11.3. The van der Waals surface area contributed by atoms with E-state index in [4.69, 9.17) is 0 Å². The van der Waals surface area contributed by atoms with Crippen molar-refractivity contribution in [2.75, 3.05) is 11.9 Å². The van der Waals surface area contributed by atoms with Gasteiger partial charge in [-0.2, -0.15) is 0 Å². The molecule has 0 spiro atoms. The molecule has 82 valence electrons. The highest BCUT2D eigenvalue weighted by molar-refractivity contribution is 7.93. The van der Waals surface area contributed by atoms with E-state index in [1.54, 1.807) is 19.9 Å². The molecule has 0 aromatic heterocycles. The summed E-state index contributed by atoms with van der Waals surface area (Å²) in [4.78, 5) is 0.179. The maximum absolute atomic E-state index is 12.1. The predicted octanol–water partition coefficient (Wildman–Crippen LogP) is 1.37. The monoisotopic (exact) mass is 227 g/mol. The van der Waals surface area contributed by atoms with Gasteiger partial charge in [0, 0.05) is 12.6 Å². The van der Waals surface area contributed by atoms with Crippen LogP contribution in [0.4, 0.5) is 5.69 Å². The van der Waals surface area contributed by atoms with Crippen LogP contribution in [0, 0.1) is 0 Å². The number of phenolic OH excluding ortho intramolecular Hbond substituents is 1. The fraction of sp³-hybridized carbons (Fsp3) is 0.400. The van der Waals surface area contributed by atoms with E-state index in [0.717, 1.165) is 0 Å². The standard InChI is InChI=1S/C10H13NO3S/c1-10(2)6-11-8-4-3-7(12)5-9(8)15(10,13)14/h3-5,11-12H,6H2,1-2H3. The molecule has 1 heterocycles. The molecule has 4 nitrogen and oxygen atoms in total. The Balaban J connectivity index is 2.72. The molecule has 0 saturated heterocycles. The highest BCUT2D eigenvalue weighted by atomic mass is 32.2. The lowest BCUT2D eigenvalue weighted by Crippen LogP contribution is -2.42. The van der Waals surface area contributed by atoms with E-state index in [2.05, 4.69) is 5.32 Å². The molecule has 1 aliphatic heterocycles. The zero-order valence-electron chi connectivity index (χ0n) is 8.61. The Labute approximate surface area is 88.9 Å². The van der Waals surface area contributed by atoms with Crippen molar-refractivity contribution >= 4 is 15.5 Å². The zero-order valence-corrected chi connectivity index (χ0v) is 9.43. The van der Waals surface area contributed by atoms with Gasteiger partial charge < -0.3 is 10.4 Å². The number of hydrogen-bond donors (Lipinski definition) is 2. The van der Waals surface area contributed by atoms with Gasteiger partial charge in [-0.25, -0.2) is 8.42 Å². The van der Waals surface area contributed by atoms with Crippen LogP contribution in [0.5, 0.6) is 5.75 Å². The lowest BCUT2D eigenvalue weighted by Gasteiger charge is -2.32. The van der Waals surface area contributed by atoms with E-state index in [-0.39, 0.29) is 10.6 Å². The minimum Gasteiger partial charge on any atom is -0.508 e. The summed E-state index contributed by atoms with van der Waals surface area (Å²) in [7, 11) is -3.37. The Morgan fingerprint density at radius 1 is 1.40 bits per heavy atom. The minimum absolute atomic E-state index is 0.0307. The Hall–Kier alpha value is -1.23. The van der Waals surface area contributed by atoms with Gasteiger partial charge in [-0.3, -0.25) is 0 Å². The van der Waals surface area contributed by atoms with Gasteiger partial charge in [0.15, 0.2) is 9.84 Å². The van der Waals surface area contributed by atoms with Gasteiger partial charge >= 0.3 is 0 Å². The van der Waals surface area contributed by atoms with Gasteiger partial charge in [0.1, 0.15) is 5.75 Å². The van der Waals surface area contributed by atoms with Crippen molar-refractivity contribution in [2.24, 2.45) is 0 Å². The molecule has 2 N–H and O–H groups in total. The molecule has 2 rings (SSSR count). The molecular formula is C10H13NO3S. The van der Waals surface area contributed by atoms with Crippen molar-refractivity contribution in [3.63, 3.8) is 0 Å². The van der Waals surface area contributed by atoms with Crippen molar-refractivity contribution < 1.29 is 13.5 Å². The molecular weight excluding hydrogens is 214 g/mol. The van der Waals surface area contributed by atoms with E-state index in [9.17, 15) is 13.5 Å². The number of benzene rings is 1. The largest absolute Gasteiger partial charge is 0.508 e. The van der Waals surface area contributed by atoms with Crippen molar-refractivity contribution in [1.29, 1.82) is 0 Å². The number of nitrogens with one attached hydrogen (secondary N) is 1. The van der Waals surface area contributed by atoms with E-state index in [1.165, 1.54) is 12.1 Å².